The summed E-state index contributed by atoms with van der Waals surface area (Å²) in [6, 6.07) is -0.734. The molecule has 0 aromatic heterocycles. The molecule has 1 aliphatic heterocycles. The Morgan fingerprint density at radius 3 is 2.59 bits per heavy atom. The van der Waals surface area contributed by atoms with Gasteiger partial charge in [-0.25, -0.2) is 9.59 Å². The first-order valence-electron chi connectivity index (χ1n) is 5.53. The average Bonchev–Trinajstić information content (AvgIpc) is 2.55. The fourth-order valence-electron chi connectivity index (χ4n) is 1.59. The van der Waals surface area contributed by atoms with Crippen molar-refractivity contribution in [3.63, 3.8) is 0 Å². The molecule has 96 valence electrons. The van der Waals surface area contributed by atoms with Gasteiger partial charge in [0.05, 0.1) is 6.61 Å². The van der Waals surface area contributed by atoms with Crippen LogP contribution in [0.5, 0.6) is 0 Å². The van der Waals surface area contributed by atoms with Gasteiger partial charge in [0.15, 0.2) is 0 Å². The van der Waals surface area contributed by atoms with Crippen LogP contribution in [0.1, 0.15) is 27.2 Å². The Balaban J connectivity index is 2.62. The Labute approximate surface area is 101 Å². The number of nitrogens with zero attached hydrogens (tertiary/aromatic N) is 1. The van der Waals surface area contributed by atoms with Crippen molar-refractivity contribution in [1.82, 2.24) is 4.90 Å². The van der Waals surface area contributed by atoms with Gasteiger partial charge in [-0.3, -0.25) is 4.90 Å². The number of carboxylic acid groups (broad SMARTS) is 1. The summed E-state index contributed by atoms with van der Waals surface area (Å²) in [6.45, 7) is 10.1. The first kappa shape index (κ1) is 13.5. The van der Waals surface area contributed by atoms with E-state index in [0.717, 1.165) is 10.5 Å². The van der Waals surface area contributed by atoms with Crippen LogP contribution in [0.4, 0.5) is 4.79 Å². The number of esters is 1. The van der Waals surface area contributed by atoms with Gasteiger partial charge in [-0.1, -0.05) is 32.9 Å². The lowest BCUT2D eigenvalue weighted by Crippen LogP contribution is -2.41. The van der Waals surface area contributed by atoms with Gasteiger partial charge in [-0.15, -0.1) is 0 Å². The smallest absolute Gasteiger partial charge is 0.408 e. The van der Waals surface area contributed by atoms with Gasteiger partial charge in [-0.05, 0) is 5.41 Å². The van der Waals surface area contributed by atoms with Crippen molar-refractivity contribution in [2.24, 2.45) is 5.41 Å². The van der Waals surface area contributed by atoms with Crippen LogP contribution >= 0.6 is 0 Å². The van der Waals surface area contributed by atoms with Gasteiger partial charge in [0.1, 0.15) is 6.04 Å². The van der Waals surface area contributed by atoms with Crippen LogP contribution in [0.15, 0.2) is 12.2 Å². The molecule has 1 unspecified atom stereocenters. The molecule has 1 rings (SSSR count). The number of rotatable bonds is 2. The van der Waals surface area contributed by atoms with Crippen LogP contribution in [-0.2, 0) is 9.53 Å². The number of hydrogen-bond donors (Lipinski definition) is 1. The summed E-state index contributed by atoms with van der Waals surface area (Å²) in [6.07, 6.45) is -0.753. The molecule has 1 fully saturated rings. The zero-order chi connectivity index (χ0) is 13.2. The van der Waals surface area contributed by atoms with E-state index >= 15 is 0 Å². The highest BCUT2D eigenvalue weighted by Crippen LogP contribution is 2.23. The summed E-state index contributed by atoms with van der Waals surface area (Å²) >= 11 is 0. The number of carbonyl (C=O) groups is 2. The molecule has 17 heavy (non-hydrogen) atoms. The van der Waals surface area contributed by atoms with E-state index in [2.05, 4.69) is 6.58 Å². The van der Waals surface area contributed by atoms with E-state index in [0.29, 0.717) is 6.42 Å². The van der Waals surface area contributed by atoms with Crippen molar-refractivity contribution in [3.8, 4) is 0 Å². The van der Waals surface area contributed by atoms with Gasteiger partial charge in [0.25, 0.3) is 0 Å². The highest BCUT2D eigenvalue weighted by molar-refractivity contribution is 5.82. The monoisotopic (exact) mass is 241 g/mol. The van der Waals surface area contributed by atoms with Gasteiger partial charge < -0.3 is 9.84 Å². The Bertz CT molecular complexity index is 343. The van der Waals surface area contributed by atoms with Crippen molar-refractivity contribution >= 4 is 12.1 Å². The summed E-state index contributed by atoms with van der Waals surface area (Å²) in [5, 5.41) is 8.96. The van der Waals surface area contributed by atoms with E-state index in [9.17, 15) is 9.59 Å². The maximum atomic E-state index is 11.8. The standard InChI is InChI=1S/C12H19NO4/c1-8-5-9(13(6-8)11(15)16)10(14)17-7-12(2,3)4/h9H,1,5-7H2,2-4H3,(H,15,16). The van der Waals surface area contributed by atoms with E-state index < -0.39 is 18.1 Å². The summed E-state index contributed by atoms with van der Waals surface area (Å²) < 4.78 is 5.13. The Hall–Kier alpha value is -1.52. The quantitative estimate of drug-likeness (QED) is 0.592. The largest absolute Gasteiger partial charge is 0.465 e. The molecule has 1 aliphatic rings. The molecule has 1 N–H and O–H groups in total. The average molecular weight is 241 g/mol. The molecule has 1 saturated heterocycles. The lowest BCUT2D eigenvalue weighted by atomic mass is 9.99. The molecule has 1 heterocycles. The number of amides is 1. The lowest BCUT2D eigenvalue weighted by molar-refractivity contribution is -0.151. The molecule has 0 aliphatic carbocycles. The highest BCUT2D eigenvalue weighted by atomic mass is 16.5. The molecule has 0 bridgehead atoms. The summed E-state index contributed by atoms with van der Waals surface area (Å²) in [5.74, 6) is -0.485. The van der Waals surface area contributed by atoms with Crippen molar-refractivity contribution in [2.45, 2.75) is 33.2 Å². The van der Waals surface area contributed by atoms with Gasteiger partial charge in [-0.2, -0.15) is 0 Å². The van der Waals surface area contributed by atoms with E-state index in [1.165, 1.54) is 0 Å². The maximum Gasteiger partial charge on any atom is 0.408 e. The molecule has 1 atom stereocenters. The van der Waals surface area contributed by atoms with Crippen molar-refractivity contribution in [3.05, 3.63) is 12.2 Å². The van der Waals surface area contributed by atoms with E-state index in [1.54, 1.807) is 0 Å². The minimum absolute atomic E-state index is 0.126. The lowest BCUT2D eigenvalue weighted by Gasteiger charge is -2.23. The van der Waals surface area contributed by atoms with Crippen LogP contribution in [0.3, 0.4) is 0 Å². The number of carbonyl (C=O) groups excluding carboxylic acids is 1. The molecule has 5 nitrogen and oxygen atoms in total. The zero-order valence-electron chi connectivity index (χ0n) is 10.5. The summed E-state index contributed by atoms with van der Waals surface area (Å²) in [7, 11) is 0. The Kier molecular flexibility index (Phi) is 3.80. The van der Waals surface area contributed by atoms with E-state index in [4.69, 9.17) is 9.84 Å². The molecule has 0 aromatic carbocycles. The van der Waals surface area contributed by atoms with Crippen LogP contribution in [-0.4, -0.2) is 41.3 Å². The zero-order valence-corrected chi connectivity index (χ0v) is 10.5. The molecule has 0 aromatic rings. The second-order valence-electron chi connectivity index (χ2n) is 5.55. The molecular weight excluding hydrogens is 222 g/mol. The fourth-order valence-corrected chi connectivity index (χ4v) is 1.59. The minimum atomic E-state index is -1.11. The third-order valence-electron chi connectivity index (χ3n) is 2.42. The molecule has 5 heteroatoms. The van der Waals surface area contributed by atoms with Crippen molar-refractivity contribution in [2.75, 3.05) is 13.2 Å². The van der Waals surface area contributed by atoms with Crippen LogP contribution < -0.4 is 0 Å². The van der Waals surface area contributed by atoms with Crippen LogP contribution in [0.2, 0.25) is 0 Å². The molecule has 1 amide bonds. The third kappa shape index (κ3) is 3.76. The topological polar surface area (TPSA) is 66.8 Å². The summed E-state index contributed by atoms with van der Waals surface area (Å²) in [5.41, 5.74) is 0.615. The van der Waals surface area contributed by atoms with E-state index in [-0.39, 0.29) is 18.6 Å². The highest BCUT2D eigenvalue weighted by Gasteiger charge is 2.37. The predicted molar refractivity (Wildman–Crippen MR) is 62.7 cm³/mol. The van der Waals surface area contributed by atoms with Gasteiger partial charge in [0, 0.05) is 13.0 Å². The first-order chi connectivity index (χ1) is 7.70. The second kappa shape index (κ2) is 4.77. The molecular formula is C12H19NO4. The molecule has 0 spiro atoms. The first-order valence-corrected chi connectivity index (χ1v) is 5.53. The van der Waals surface area contributed by atoms with E-state index in [1.807, 2.05) is 20.8 Å². The van der Waals surface area contributed by atoms with Crippen LogP contribution in [0, 0.1) is 5.41 Å². The van der Waals surface area contributed by atoms with Crippen molar-refractivity contribution in [1.29, 1.82) is 0 Å². The third-order valence-corrected chi connectivity index (χ3v) is 2.42. The Morgan fingerprint density at radius 1 is 1.53 bits per heavy atom. The number of hydrogen-bond acceptors (Lipinski definition) is 3. The summed E-state index contributed by atoms with van der Waals surface area (Å²) in [4.78, 5) is 23.8. The normalized spacial score (nSPS) is 20.5. The number of ether oxygens (including phenoxy) is 1. The fraction of sp³-hybridized carbons (Fsp3) is 0.667. The minimum Gasteiger partial charge on any atom is -0.465 e. The molecule has 0 saturated carbocycles. The Morgan fingerprint density at radius 2 is 2.12 bits per heavy atom. The number of likely N-dealkylation sites (tertiary alicyclic amines) is 1. The molecule has 0 radical (unpaired) electrons. The SMILES string of the molecule is C=C1CC(C(=O)OCC(C)(C)C)N(C(=O)O)C1. The maximum absolute atomic E-state index is 11.8. The van der Waals surface area contributed by atoms with Gasteiger partial charge in [0.2, 0.25) is 0 Å². The van der Waals surface area contributed by atoms with Crippen molar-refractivity contribution < 1.29 is 19.4 Å². The van der Waals surface area contributed by atoms with Gasteiger partial charge >= 0.3 is 12.1 Å². The predicted octanol–water partition coefficient (Wildman–Crippen LogP) is 1.88. The van der Waals surface area contributed by atoms with Crippen LogP contribution in [0.25, 0.3) is 0 Å². The second-order valence-corrected chi connectivity index (χ2v) is 5.55.